The third-order valence-electron chi connectivity index (χ3n) is 3.70. The van der Waals surface area contributed by atoms with Crippen LogP contribution in [-0.2, 0) is 6.42 Å². The van der Waals surface area contributed by atoms with Crippen LogP contribution in [0.2, 0.25) is 0 Å². The molecule has 1 aliphatic rings. The molecule has 0 atom stereocenters. The molecule has 4 nitrogen and oxygen atoms in total. The summed E-state index contributed by atoms with van der Waals surface area (Å²) in [5.41, 5.74) is 12.0. The largest absolute Gasteiger partial charge is 0.385 e. The van der Waals surface area contributed by atoms with Gasteiger partial charge in [-0.25, -0.2) is 9.10 Å². The Morgan fingerprint density at radius 3 is 2.57 bits per heavy atom. The SMILES string of the molecule is CCNc1ccc2c(c1)Cc1cc(N(S)C(N)=O)ccc1-2. The summed E-state index contributed by atoms with van der Waals surface area (Å²) in [5, 5.41) is 3.33. The van der Waals surface area contributed by atoms with E-state index < -0.39 is 6.03 Å². The number of hydrogen-bond acceptors (Lipinski definition) is 3. The molecule has 0 aromatic heterocycles. The minimum absolute atomic E-state index is 0.580. The van der Waals surface area contributed by atoms with E-state index in [1.165, 1.54) is 22.3 Å². The number of fused-ring (bicyclic) bond motifs is 3. The third kappa shape index (κ3) is 2.45. The van der Waals surface area contributed by atoms with Gasteiger partial charge in [0.25, 0.3) is 0 Å². The number of anilines is 2. The summed E-state index contributed by atoms with van der Waals surface area (Å²) in [6.07, 6.45) is 0.859. The lowest BCUT2D eigenvalue weighted by Gasteiger charge is -2.13. The topological polar surface area (TPSA) is 58.4 Å². The molecule has 0 aliphatic heterocycles. The highest BCUT2D eigenvalue weighted by atomic mass is 32.1. The number of carbonyl (C=O) groups excluding carboxylic acids is 1. The standard InChI is InChI=1S/C16H17N3OS/c1-2-18-12-3-5-14-10(8-12)7-11-9-13(4-6-15(11)14)19(21)16(17)20/h3-6,8-9,18,21H,2,7H2,1H3,(H2,17,20). The molecule has 0 heterocycles. The molecule has 5 heteroatoms. The number of hydrogen-bond donors (Lipinski definition) is 3. The highest BCUT2D eigenvalue weighted by Gasteiger charge is 2.20. The maximum atomic E-state index is 11.2. The number of nitrogens with one attached hydrogen (secondary N) is 1. The number of thiol groups is 1. The maximum Gasteiger partial charge on any atom is 0.329 e. The molecule has 3 N–H and O–H groups in total. The van der Waals surface area contributed by atoms with Crippen LogP contribution in [0.4, 0.5) is 16.2 Å². The number of primary amides is 1. The second kappa shape index (κ2) is 5.33. The van der Waals surface area contributed by atoms with Gasteiger partial charge in [-0.3, -0.25) is 0 Å². The molecule has 1 aliphatic carbocycles. The lowest BCUT2D eigenvalue weighted by molar-refractivity contribution is 0.257. The van der Waals surface area contributed by atoms with Crippen LogP contribution in [0.25, 0.3) is 11.1 Å². The van der Waals surface area contributed by atoms with E-state index in [9.17, 15) is 4.79 Å². The Hall–Kier alpha value is -2.14. The van der Waals surface area contributed by atoms with Gasteiger partial charge < -0.3 is 11.1 Å². The zero-order valence-corrected chi connectivity index (χ0v) is 12.7. The summed E-state index contributed by atoms with van der Waals surface area (Å²) in [6.45, 7) is 2.99. The van der Waals surface area contributed by atoms with E-state index in [0.717, 1.165) is 23.0 Å². The van der Waals surface area contributed by atoms with Crippen LogP contribution in [0.1, 0.15) is 18.1 Å². The molecule has 2 amide bonds. The van der Waals surface area contributed by atoms with Crippen molar-refractivity contribution in [2.45, 2.75) is 13.3 Å². The lowest BCUT2D eigenvalue weighted by Crippen LogP contribution is -2.27. The van der Waals surface area contributed by atoms with Gasteiger partial charge in [0, 0.05) is 12.2 Å². The number of nitrogens with zero attached hydrogens (tertiary/aromatic N) is 1. The molecule has 2 aromatic carbocycles. The van der Waals surface area contributed by atoms with Crippen LogP contribution in [0.3, 0.4) is 0 Å². The van der Waals surface area contributed by atoms with Crippen LogP contribution in [0.15, 0.2) is 36.4 Å². The van der Waals surface area contributed by atoms with Crippen molar-refractivity contribution < 1.29 is 4.79 Å². The molecule has 0 saturated carbocycles. The van der Waals surface area contributed by atoms with Crippen molar-refractivity contribution in [3.8, 4) is 11.1 Å². The molecule has 0 saturated heterocycles. The van der Waals surface area contributed by atoms with Gasteiger partial charge in [-0.15, -0.1) is 0 Å². The molecule has 108 valence electrons. The van der Waals surface area contributed by atoms with Crippen molar-refractivity contribution in [2.75, 3.05) is 16.2 Å². The van der Waals surface area contributed by atoms with E-state index in [1.54, 1.807) is 0 Å². The molecular formula is C16H17N3OS. The van der Waals surface area contributed by atoms with Crippen molar-refractivity contribution in [3.63, 3.8) is 0 Å². The molecule has 0 fully saturated rings. The minimum Gasteiger partial charge on any atom is -0.385 e. The van der Waals surface area contributed by atoms with Gasteiger partial charge in [0.2, 0.25) is 0 Å². The molecule has 0 radical (unpaired) electrons. The number of carbonyl (C=O) groups is 1. The first kappa shape index (κ1) is 13.8. The predicted octanol–water partition coefficient (Wildman–Crippen LogP) is 3.42. The fraction of sp³-hybridized carbons (Fsp3) is 0.188. The Morgan fingerprint density at radius 1 is 1.24 bits per heavy atom. The Kier molecular flexibility index (Phi) is 3.51. The van der Waals surface area contributed by atoms with Gasteiger partial charge in [0.1, 0.15) is 0 Å². The quantitative estimate of drug-likeness (QED) is 0.649. The second-order valence-corrected chi connectivity index (χ2v) is 5.47. The van der Waals surface area contributed by atoms with Crippen LogP contribution >= 0.6 is 12.8 Å². The van der Waals surface area contributed by atoms with Gasteiger partial charge >= 0.3 is 6.03 Å². The van der Waals surface area contributed by atoms with Crippen molar-refractivity contribution in [1.82, 2.24) is 0 Å². The number of rotatable bonds is 3. The van der Waals surface area contributed by atoms with Gasteiger partial charge in [0.05, 0.1) is 5.69 Å². The highest BCUT2D eigenvalue weighted by molar-refractivity contribution is 7.82. The van der Waals surface area contributed by atoms with Crippen LogP contribution in [0, 0.1) is 0 Å². The summed E-state index contributed by atoms with van der Waals surface area (Å²) in [5.74, 6) is 0. The van der Waals surface area contributed by atoms with E-state index in [2.05, 4.69) is 43.3 Å². The fourth-order valence-electron chi connectivity index (χ4n) is 2.77. The highest BCUT2D eigenvalue weighted by Crippen LogP contribution is 2.39. The molecular weight excluding hydrogens is 282 g/mol. The van der Waals surface area contributed by atoms with Crippen LogP contribution in [0.5, 0.6) is 0 Å². The summed E-state index contributed by atoms with van der Waals surface area (Å²) >= 11 is 4.11. The van der Waals surface area contributed by atoms with Gasteiger partial charge in [-0.05, 0) is 59.9 Å². The van der Waals surface area contributed by atoms with Crippen LogP contribution < -0.4 is 15.4 Å². The van der Waals surface area contributed by atoms with Crippen molar-refractivity contribution in [3.05, 3.63) is 47.5 Å². The van der Waals surface area contributed by atoms with Crippen molar-refractivity contribution in [1.29, 1.82) is 0 Å². The zero-order chi connectivity index (χ0) is 15.0. The maximum absolute atomic E-state index is 11.2. The smallest absolute Gasteiger partial charge is 0.329 e. The summed E-state index contributed by atoms with van der Waals surface area (Å²) in [6, 6.07) is 11.7. The molecule has 3 rings (SSSR count). The minimum atomic E-state index is -0.580. The Balaban J connectivity index is 1.97. The average molecular weight is 299 g/mol. The number of urea groups is 1. The van der Waals surface area contributed by atoms with E-state index in [-0.39, 0.29) is 0 Å². The number of amides is 2. The Bertz CT molecular complexity index is 715. The molecule has 0 unspecified atom stereocenters. The number of nitrogens with two attached hydrogens (primary N) is 1. The van der Waals surface area contributed by atoms with E-state index in [0.29, 0.717) is 5.69 Å². The van der Waals surface area contributed by atoms with Crippen molar-refractivity contribution >= 4 is 30.2 Å². The van der Waals surface area contributed by atoms with E-state index in [1.807, 2.05) is 18.2 Å². The normalized spacial score (nSPS) is 11.7. The predicted molar refractivity (Wildman–Crippen MR) is 89.9 cm³/mol. The van der Waals surface area contributed by atoms with Gasteiger partial charge in [-0.1, -0.05) is 24.9 Å². The average Bonchev–Trinajstić information content (AvgIpc) is 2.83. The molecule has 21 heavy (non-hydrogen) atoms. The van der Waals surface area contributed by atoms with Crippen molar-refractivity contribution in [2.24, 2.45) is 5.73 Å². The Morgan fingerprint density at radius 2 is 1.90 bits per heavy atom. The Labute approximate surface area is 129 Å². The van der Waals surface area contributed by atoms with Crippen LogP contribution in [-0.4, -0.2) is 12.6 Å². The zero-order valence-electron chi connectivity index (χ0n) is 11.8. The molecule has 2 aromatic rings. The summed E-state index contributed by atoms with van der Waals surface area (Å²) in [7, 11) is 0. The summed E-state index contributed by atoms with van der Waals surface area (Å²) < 4.78 is 1.16. The first-order chi connectivity index (χ1) is 10.1. The molecule has 0 bridgehead atoms. The summed E-state index contributed by atoms with van der Waals surface area (Å²) in [4.78, 5) is 11.2. The van der Waals surface area contributed by atoms with Gasteiger partial charge in [-0.2, -0.15) is 0 Å². The fourth-order valence-corrected chi connectivity index (χ4v) is 2.89. The second-order valence-electron chi connectivity index (χ2n) is 5.07. The molecule has 0 spiro atoms. The first-order valence-corrected chi connectivity index (χ1v) is 7.28. The lowest BCUT2D eigenvalue weighted by atomic mass is 10.1. The monoisotopic (exact) mass is 299 g/mol. The first-order valence-electron chi connectivity index (χ1n) is 6.88. The van der Waals surface area contributed by atoms with Gasteiger partial charge in [0.15, 0.2) is 0 Å². The van der Waals surface area contributed by atoms with E-state index >= 15 is 0 Å². The third-order valence-corrected chi connectivity index (χ3v) is 4.13. The van der Waals surface area contributed by atoms with E-state index in [4.69, 9.17) is 5.73 Å². The number of benzene rings is 2.